The molecule has 8 nitrogen and oxygen atoms in total. The van der Waals surface area contributed by atoms with Gasteiger partial charge in [-0.1, -0.05) is 0 Å². The Balaban J connectivity index is 1.67. The summed E-state index contributed by atoms with van der Waals surface area (Å²) in [5.74, 6) is -0.0916. The Kier molecular flexibility index (Phi) is 4.55. The second kappa shape index (κ2) is 6.95. The third-order valence-corrected chi connectivity index (χ3v) is 3.46. The number of anilines is 1. The summed E-state index contributed by atoms with van der Waals surface area (Å²) in [4.78, 5) is 30.4. The smallest absolute Gasteiger partial charge is 0.338 e. The molecule has 0 aliphatic heterocycles. The minimum absolute atomic E-state index is 0.156. The van der Waals surface area contributed by atoms with E-state index in [0.717, 1.165) is 10.9 Å². The monoisotopic (exact) mass is 327 g/mol. The van der Waals surface area contributed by atoms with Crippen LogP contribution in [0.5, 0.6) is 0 Å². The number of esters is 1. The molecule has 0 radical (unpaired) electrons. The summed E-state index contributed by atoms with van der Waals surface area (Å²) in [6.07, 6.45) is 5.13. The Hall–Kier alpha value is -3.16. The molecule has 2 heterocycles. The van der Waals surface area contributed by atoms with Gasteiger partial charge in [-0.3, -0.25) is 14.8 Å². The van der Waals surface area contributed by atoms with Gasteiger partial charge in [0.2, 0.25) is 11.9 Å². The maximum atomic E-state index is 11.9. The molecule has 0 bridgehead atoms. The number of aromatic amines is 1. The van der Waals surface area contributed by atoms with Gasteiger partial charge in [0.15, 0.2) is 0 Å². The van der Waals surface area contributed by atoms with Gasteiger partial charge < -0.3 is 9.72 Å². The molecule has 0 saturated heterocycles. The van der Waals surface area contributed by atoms with Crippen LogP contribution in [0.1, 0.15) is 23.7 Å². The van der Waals surface area contributed by atoms with Gasteiger partial charge in [-0.05, 0) is 25.1 Å². The first-order chi connectivity index (χ1) is 11.7. The van der Waals surface area contributed by atoms with Crippen molar-refractivity contribution < 1.29 is 14.3 Å². The molecular weight excluding hydrogens is 310 g/mol. The summed E-state index contributed by atoms with van der Waals surface area (Å²) in [7, 11) is 0. The van der Waals surface area contributed by atoms with E-state index in [2.05, 4.69) is 20.4 Å². The third kappa shape index (κ3) is 3.43. The van der Waals surface area contributed by atoms with Crippen LogP contribution in [0.4, 0.5) is 5.95 Å². The number of ether oxygens (including phenoxy) is 1. The lowest BCUT2D eigenvalue weighted by Crippen LogP contribution is -2.15. The van der Waals surface area contributed by atoms with Gasteiger partial charge in [0, 0.05) is 24.2 Å². The number of amides is 1. The topological polar surface area (TPSA) is 102 Å². The largest absolute Gasteiger partial charge is 0.462 e. The van der Waals surface area contributed by atoms with Gasteiger partial charge in [-0.2, -0.15) is 5.10 Å². The summed E-state index contributed by atoms with van der Waals surface area (Å²) in [6.45, 7) is 2.53. The first-order valence-electron chi connectivity index (χ1n) is 7.59. The highest BCUT2D eigenvalue weighted by Gasteiger charge is 2.11. The average molecular weight is 327 g/mol. The standard InChI is InChI=1S/C16H17N5O3/c1-2-24-15(23)11-3-4-13-12(9-11)10-19-21(13)8-5-14(22)20-16-17-6-7-18-16/h3-4,6-7,9-10H,2,5,8H2,1H3,(H2,17,18,20,22). The highest BCUT2D eigenvalue weighted by molar-refractivity contribution is 5.94. The molecule has 2 N–H and O–H groups in total. The van der Waals surface area contributed by atoms with E-state index in [9.17, 15) is 9.59 Å². The van der Waals surface area contributed by atoms with Crippen LogP contribution in [0.2, 0.25) is 0 Å². The number of aromatic nitrogens is 4. The molecule has 1 aromatic carbocycles. The molecule has 2 aromatic heterocycles. The number of fused-ring (bicyclic) bond motifs is 1. The van der Waals surface area contributed by atoms with Crippen LogP contribution in [0, 0.1) is 0 Å². The van der Waals surface area contributed by atoms with E-state index < -0.39 is 0 Å². The fourth-order valence-electron chi connectivity index (χ4n) is 2.34. The van der Waals surface area contributed by atoms with Gasteiger partial charge in [0.05, 0.1) is 30.4 Å². The van der Waals surface area contributed by atoms with Gasteiger partial charge in [0.1, 0.15) is 0 Å². The van der Waals surface area contributed by atoms with Gasteiger partial charge in [-0.25, -0.2) is 9.78 Å². The summed E-state index contributed by atoms with van der Waals surface area (Å²) in [6, 6.07) is 5.24. The maximum Gasteiger partial charge on any atom is 0.338 e. The molecule has 124 valence electrons. The van der Waals surface area contributed by atoms with E-state index in [1.165, 1.54) is 0 Å². The molecule has 0 spiro atoms. The normalized spacial score (nSPS) is 10.7. The van der Waals surface area contributed by atoms with Crippen LogP contribution < -0.4 is 5.32 Å². The minimum atomic E-state index is -0.357. The van der Waals surface area contributed by atoms with Crippen LogP contribution in [-0.2, 0) is 16.1 Å². The van der Waals surface area contributed by atoms with Crippen molar-refractivity contribution >= 4 is 28.7 Å². The lowest BCUT2D eigenvalue weighted by atomic mass is 10.1. The van der Waals surface area contributed by atoms with Crippen LogP contribution in [0.25, 0.3) is 10.9 Å². The highest BCUT2D eigenvalue weighted by atomic mass is 16.5. The number of rotatable bonds is 6. The number of carbonyl (C=O) groups is 2. The van der Waals surface area contributed by atoms with Crippen LogP contribution >= 0.6 is 0 Å². The lowest BCUT2D eigenvalue weighted by molar-refractivity contribution is -0.116. The van der Waals surface area contributed by atoms with Gasteiger partial charge in [0.25, 0.3) is 0 Å². The Morgan fingerprint density at radius 2 is 2.25 bits per heavy atom. The van der Waals surface area contributed by atoms with Crippen molar-refractivity contribution in [1.29, 1.82) is 0 Å². The number of hydrogen-bond donors (Lipinski definition) is 2. The Morgan fingerprint density at radius 1 is 1.38 bits per heavy atom. The van der Waals surface area contributed by atoms with Crippen molar-refractivity contribution in [2.45, 2.75) is 19.9 Å². The van der Waals surface area contributed by atoms with Crippen molar-refractivity contribution in [3.05, 3.63) is 42.4 Å². The number of imidazole rings is 1. The Labute approximate surface area is 137 Å². The molecule has 3 rings (SSSR count). The Bertz CT molecular complexity index is 854. The number of benzene rings is 1. The van der Waals surface area contributed by atoms with Gasteiger partial charge >= 0.3 is 5.97 Å². The summed E-state index contributed by atoms with van der Waals surface area (Å²) < 4.78 is 6.71. The molecule has 0 atom stereocenters. The number of nitrogens with one attached hydrogen (secondary N) is 2. The predicted octanol–water partition coefficient (Wildman–Crippen LogP) is 1.96. The SMILES string of the molecule is CCOC(=O)c1ccc2c(cnn2CCC(=O)Nc2ncc[nH]2)c1. The van der Waals surface area contributed by atoms with E-state index in [0.29, 0.717) is 24.7 Å². The molecule has 0 saturated carbocycles. The van der Waals surface area contributed by atoms with E-state index in [-0.39, 0.29) is 18.3 Å². The number of hydrogen-bond acceptors (Lipinski definition) is 5. The number of aryl methyl sites for hydroxylation is 1. The molecule has 0 aliphatic rings. The zero-order valence-corrected chi connectivity index (χ0v) is 13.2. The molecular formula is C16H17N5O3. The number of H-pyrrole nitrogens is 1. The highest BCUT2D eigenvalue weighted by Crippen LogP contribution is 2.17. The molecule has 3 aromatic rings. The molecule has 0 unspecified atom stereocenters. The Morgan fingerprint density at radius 3 is 3.00 bits per heavy atom. The molecule has 8 heteroatoms. The molecule has 24 heavy (non-hydrogen) atoms. The number of nitrogens with zero attached hydrogens (tertiary/aromatic N) is 3. The summed E-state index contributed by atoms with van der Waals surface area (Å²) in [5.41, 5.74) is 1.34. The average Bonchev–Trinajstić information content (AvgIpc) is 3.22. The molecule has 0 fully saturated rings. The van der Waals surface area contributed by atoms with Crippen molar-refractivity contribution in [3.63, 3.8) is 0 Å². The zero-order chi connectivity index (χ0) is 16.9. The van der Waals surface area contributed by atoms with Crippen molar-refractivity contribution in [3.8, 4) is 0 Å². The lowest BCUT2D eigenvalue weighted by Gasteiger charge is -2.05. The van der Waals surface area contributed by atoms with Crippen LogP contribution in [-0.4, -0.2) is 38.2 Å². The van der Waals surface area contributed by atoms with Crippen LogP contribution in [0.15, 0.2) is 36.8 Å². The summed E-state index contributed by atoms with van der Waals surface area (Å²) >= 11 is 0. The quantitative estimate of drug-likeness (QED) is 0.674. The van der Waals surface area contributed by atoms with Crippen molar-refractivity contribution in [2.24, 2.45) is 0 Å². The van der Waals surface area contributed by atoms with Crippen molar-refractivity contribution in [1.82, 2.24) is 19.7 Å². The van der Waals surface area contributed by atoms with Crippen LogP contribution in [0.3, 0.4) is 0 Å². The fourth-order valence-corrected chi connectivity index (χ4v) is 2.34. The van der Waals surface area contributed by atoms with E-state index >= 15 is 0 Å². The second-order valence-corrected chi connectivity index (χ2v) is 5.10. The van der Waals surface area contributed by atoms with E-state index in [1.807, 2.05) is 0 Å². The predicted molar refractivity (Wildman–Crippen MR) is 87.5 cm³/mol. The zero-order valence-electron chi connectivity index (χ0n) is 13.2. The number of carbonyl (C=O) groups excluding carboxylic acids is 2. The molecule has 0 aliphatic carbocycles. The fraction of sp³-hybridized carbons (Fsp3) is 0.250. The van der Waals surface area contributed by atoms with E-state index in [1.54, 1.807) is 48.4 Å². The van der Waals surface area contributed by atoms with Crippen molar-refractivity contribution in [2.75, 3.05) is 11.9 Å². The maximum absolute atomic E-state index is 11.9. The summed E-state index contributed by atoms with van der Waals surface area (Å²) in [5, 5.41) is 7.76. The molecule has 1 amide bonds. The van der Waals surface area contributed by atoms with E-state index in [4.69, 9.17) is 4.74 Å². The third-order valence-electron chi connectivity index (χ3n) is 3.46. The van der Waals surface area contributed by atoms with Gasteiger partial charge in [-0.15, -0.1) is 0 Å². The minimum Gasteiger partial charge on any atom is -0.462 e. The second-order valence-electron chi connectivity index (χ2n) is 5.10. The first kappa shape index (κ1) is 15.7. The first-order valence-corrected chi connectivity index (χ1v) is 7.59.